The molecule has 2 aromatic heterocycles. The summed E-state index contributed by atoms with van der Waals surface area (Å²) < 4.78 is 24.7. The summed E-state index contributed by atoms with van der Waals surface area (Å²) in [6.45, 7) is 2.41. The quantitative estimate of drug-likeness (QED) is 0.710. The van der Waals surface area contributed by atoms with Crippen molar-refractivity contribution >= 4 is 0 Å². The van der Waals surface area contributed by atoms with Crippen molar-refractivity contribution in [2.24, 2.45) is 0 Å². The predicted octanol–water partition coefficient (Wildman–Crippen LogP) is 2.58. The van der Waals surface area contributed by atoms with E-state index in [4.69, 9.17) is 14.0 Å². The van der Waals surface area contributed by atoms with Crippen LogP contribution in [0.4, 0.5) is 4.39 Å². The van der Waals surface area contributed by atoms with E-state index in [0.717, 1.165) is 0 Å². The number of aromatic nitrogens is 2. The molecule has 1 fully saturated rings. The SMILES string of the molecule is Cc1ccc(-c2noc(C3CC(O)CN3Cc3ccc(CO)o3)n2)cc1F. The van der Waals surface area contributed by atoms with E-state index in [1.54, 1.807) is 31.2 Å². The summed E-state index contributed by atoms with van der Waals surface area (Å²) in [6.07, 6.45) is -0.0632. The number of halogens is 1. The standard InChI is InChI=1S/C19H20FN3O4/c1-11-2-3-12(6-16(11)20)18-21-19(27-22-18)17-7-13(25)8-23(17)9-14-4-5-15(10-24)26-14/h2-6,13,17,24-25H,7-10H2,1H3. The molecule has 1 aromatic carbocycles. The van der Waals surface area contributed by atoms with Gasteiger partial charge in [0.05, 0.1) is 18.7 Å². The van der Waals surface area contributed by atoms with Gasteiger partial charge in [-0.1, -0.05) is 17.3 Å². The monoisotopic (exact) mass is 373 g/mol. The number of β-amino-alcohol motifs (C(OH)–C–C–N with tert-alkyl or cyclic N) is 1. The van der Waals surface area contributed by atoms with Crippen LogP contribution in [0.25, 0.3) is 11.4 Å². The Balaban J connectivity index is 1.55. The Bertz CT molecular complexity index is 939. The number of hydrogen-bond acceptors (Lipinski definition) is 7. The highest BCUT2D eigenvalue weighted by atomic mass is 19.1. The Labute approximate surface area is 155 Å². The van der Waals surface area contributed by atoms with Crippen LogP contribution in [-0.2, 0) is 13.2 Å². The molecule has 1 aliphatic heterocycles. The zero-order chi connectivity index (χ0) is 19.0. The Kier molecular flexibility index (Phi) is 4.77. The number of aliphatic hydroxyl groups is 2. The van der Waals surface area contributed by atoms with E-state index in [2.05, 4.69) is 10.1 Å². The number of benzene rings is 1. The second-order valence-corrected chi connectivity index (χ2v) is 6.78. The van der Waals surface area contributed by atoms with Crippen LogP contribution in [0.1, 0.15) is 35.4 Å². The molecule has 0 saturated carbocycles. The topological polar surface area (TPSA) is 95.8 Å². The molecular weight excluding hydrogens is 353 g/mol. The first-order valence-corrected chi connectivity index (χ1v) is 8.74. The third kappa shape index (κ3) is 3.64. The summed E-state index contributed by atoms with van der Waals surface area (Å²) in [5.41, 5.74) is 1.09. The van der Waals surface area contributed by atoms with Gasteiger partial charge >= 0.3 is 0 Å². The van der Waals surface area contributed by atoms with Crippen molar-refractivity contribution in [3.05, 3.63) is 59.1 Å². The lowest BCUT2D eigenvalue weighted by atomic mass is 10.1. The smallest absolute Gasteiger partial charge is 0.244 e. The van der Waals surface area contributed by atoms with Gasteiger partial charge < -0.3 is 19.2 Å². The summed E-state index contributed by atoms with van der Waals surface area (Å²) in [7, 11) is 0. The number of furan rings is 1. The minimum atomic E-state index is -0.519. The van der Waals surface area contributed by atoms with Crippen LogP contribution in [0.2, 0.25) is 0 Å². The molecule has 7 nitrogen and oxygen atoms in total. The number of aliphatic hydroxyl groups excluding tert-OH is 2. The summed E-state index contributed by atoms with van der Waals surface area (Å²) in [5.74, 6) is 1.53. The first-order chi connectivity index (χ1) is 13.0. The van der Waals surface area contributed by atoms with Gasteiger partial charge in [-0.05, 0) is 37.1 Å². The van der Waals surface area contributed by atoms with Gasteiger partial charge in [-0.2, -0.15) is 4.98 Å². The zero-order valence-electron chi connectivity index (χ0n) is 14.8. The van der Waals surface area contributed by atoms with Gasteiger partial charge in [0, 0.05) is 12.1 Å². The predicted molar refractivity (Wildman–Crippen MR) is 92.8 cm³/mol. The lowest BCUT2D eigenvalue weighted by Crippen LogP contribution is -2.24. The number of hydrogen-bond donors (Lipinski definition) is 2. The summed E-state index contributed by atoms with van der Waals surface area (Å²) in [5, 5.41) is 23.2. The molecule has 2 unspecified atom stereocenters. The van der Waals surface area contributed by atoms with Crippen LogP contribution >= 0.6 is 0 Å². The third-order valence-electron chi connectivity index (χ3n) is 4.77. The molecular formula is C19H20FN3O4. The van der Waals surface area contributed by atoms with E-state index in [1.807, 2.05) is 4.90 Å². The second kappa shape index (κ2) is 7.22. The minimum absolute atomic E-state index is 0.161. The maximum atomic E-state index is 13.8. The van der Waals surface area contributed by atoms with E-state index in [1.165, 1.54) is 6.07 Å². The third-order valence-corrected chi connectivity index (χ3v) is 4.77. The van der Waals surface area contributed by atoms with Gasteiger partial charge in [-0.3, -0.25) is 4.90 Å². The molecule has 3 heterocycles. The Morgan fingerprint density at radius 1 is 1.26 bits per heavy atom. The Hall–Kier alpha value is -2.55. The van der Waals surface area contributed by atoms with Gasteiger partial charge in [-0.25, -0.2) is 4.39 Å². The van der Waals surface area contributed by atoms with Crippen LogP contribution in [0.3, 0.4) is 0 Å². The molecule has 0 bridgehead atoms. The van der Waals surface area contributed by atoms with E-state index < -0.39 is 6.10 Å². The largest absolute Gasteiger partial charge is 0.462 e. The molecule has 2 N–H and O–H groups in total. The average Bonchev–Trinajstić information content (AvgIpc) is 3.37. The fourth-order valence-electron chi connectivity index (χ4n) is 3.32. The lowest BCUT2D eigenvalue weighted by Gasteiger charge is -2.19. The number of rotatable bonds is 5. The maximum Gasteiger partial charge on any atom is 0.244 e. The van der Waals surface area contributed by atoms with Crippen LogP contribution in [0.15, 0.2) is 39.3 Å². The molecule has 27 heavy (non-hydrogen) atoms. The lowest BCUT2D eigenvalue weighted by molar-refractivity contribution is 0.160. The molecule has 8 heteroatoms. The molecule has 4 rings (SSSR count). The molecule has 3 aromatic rings. The fraction of sp³-hybridized carbons (Fsp3) is 0.368. The van der Waals surface area contributed by atoms with Crippen LogP contribution < -0.4 is 0 Å². The molecule has 1 saturated heterocycles. The first-order valence-electron chi connectivity index (χ1n) is 8.74. The fourth-order valence-corrected chi connectivity index (χ4v) is 3.32. The minimum Gasteiger partial charge on any atom is -0.462 e. The zero-order valence-corrected chi connectivity index (χ0v) is 14.8. The molecule has 0 spiro atoms. The van der Waals surface area contributed by atoms with Crippen LogP contribution in [0, 0.1) is 12.7 Å². The van der Waals surface area contributed by atoms with Gasteiger partial charge in [0.25, 0.3) is 0 Å². The van der Waals surface area contributed by atoms with Crippen LogP contribution in [0.5, 0.6) is 0 Å². The van der Waals surface area contributed by atoms with Crippen molar-refractivity contribution in [1.29, 1.82) is 0 Å². The van der Waals surface area contributed by atoms with E-state index in [-0.39, 0.29) is 18.5 Å². The summed E-state index contributed by atoms with van der Waals surface area (Å²) in [6, 6.07) is 8.04. The summed E-state index contributed by atoms with van der Waals surface area (Å²) in [4.78, 5) is 6.40. The number of nitrogens with zero attached hydrogens (tertiary/aromatic N) is 3. The normalized spacial score (nSPS) is 20.4. The van der Waals surface area contributed by atoms with Gasteiger partial charge in [0.2, 0.25) is 11.7 Å². The van der Waals surface area contributed by atoms with Gasteiger partial charge in [0.1, 0.15) is 23.9 Å². The Morgan fingerprint density at radius 3 is 2.81 bits per heavy atom. The van der Waals surface area contributed by atoms with Crippen molar-refractivity contribution in [1.82, 2.24) is 15.0 Å². The highest BCUT2D eigenvalue weighted by molar-refractivity contribution is 5.55. The average molecular weight is 373 g/mol. The van der Waals surface area contributed by atoms with Gasteiger partial charge in [0.15, 0.2) is 0 Å². The van der Waals surface area contributed by atoms with Crippen LogP contribution in [-0.4, -0.2) is 37.9 Å². The first kappa shape index (κ1) is 17.8. The maximum absolute atomic E-state index is 13.8. The van der Waals surface area contributed by atoms with Crippen molar-refractivity contribution in [2.75, 3.05) is 6.54 Å². The second-order valence-electron chi connectivity index (χ2n) is 6.78. The Morgan fingerprint density at radius 2 is 2.07 bits per heavy atom. The highest BCUT2D eigenvalue weighted by Crippen LogP contribution is 2.34. The van der Waals surface area contributed by atoms with E-state index in [0.29, 0.717) is 53.9 Å². The van der Waals surface area contributed by atoms with Gasteiger partial charge in [-0.15, -0.1) is 0 Å². The molecule has 1 aliphatic rings. The molecule has 0 aliphatic carbocycles. The van der Waals surface area contributed by atoms with E-state index >= 15 is 0 Å². The van der Waals surface area contributed by atoms with Crippen molar-refractivity contribution < 1.29 is 23.5 Å². The van der Waals surface area contributed by atoms with E-state index in [9.17, 15) is 9.50 Å². The molecule has 142 valence electrons. The molecule has 0 amide bonds. The summed E-state index contributed by atoms with van der Waals surface area (Å²) >= 11 is 0. The van der Waals surface area contributed by atoms with Crippen molar-refractivity contribution in [2.45, 2.75) is 38.6 Å². The highest BCUT2D eigenvalue weighted by Gasteiger charge is 2.36. The molecule has 2 atom stereocenters. The van der Waals surface area contributed by atoms with Crippen molar-refractivity contribution in [3.63, 3.8) is 0 Å². The molecule has 0 radical (unpaired) electrons. The number of aryl methyl sites for hydroxylation is 1. The number of likely N-dealkylation sites (tertiary alicyclic amines) is 1. The van der Waals surface area contributed by atoms with Crippen molar-refractivity contribution in [3.8, 4) is 11.4 Å².